The molecule has 0 amide bonds. The molecule has 0 aliphatic rings. The van der Waals surface area contributed by atoms with Crippen LogP contribution in [0.1, 0.15) is 18.1 Å². The Kier molecular flexibility index (Phi) is 4.99. The predicted molar refractivity (Wildman–Crippen MR) is 79.5 cm³/mol. The Hall–Kier alpha value is -1.58. The third-order valence-corrected chi connectivity index (χ3v) is 3.30. The zero-order valence-electron chi connectivity index (χ0n) is 11.3. The summed E-state index contributed by atoms with van der Waals surface area (Å²) in [5.41, 5.74) is 7.19. The number of nitrogens with two attached hydrogens (primary N) is 1. The highest BCUT2D eigenvalue weighted by Gasteiger charge is 2.11. The van der Waals surface area contributed by atoms with Gasteiger partial charge in [0.25, 0.3) is 0 Å². The van der Waals surface area contributed by atoms with Crippen LogP contribution in [-0.2, 0) is 13.0 Å². The van der Waals surface area contributed by atoms with Gasteiger partial charge in [-0.1, -0.05) is 35.9 Å². The van der Waals surface area contributed by atoms with Crippen molar-refractivity contribution in [3.63, 3.8) is 0 Å². The third kappa shape index (κ3) is 3.71. The molecule has 4 heteroatoms. The Balaban J connectivity index is 2.17. The Morgan fingerprint density at radius 2 is 1.95 bits per heavy atom. The molecule has 0 saturated carbocycles. The van der Waals surface area contributed by atoms with Crippen LogP contribution >= 0.6 is 11.6 Å². The lowest BCUT2D eigenvalue weighted by molar-refractivity contribution is 0.296. The highest BCUT2D eigenvalue weighted by atomic mass is 35.5. The van der Waals surface area contributed by atoms with E-state index in [0.29, 0.717) is 22.8 Å². The Bertz CT molecular complexity index is 586. The maximum atomic E-state index is 13.6. The normalized spacial score (nSPS) is 12.2. The van der Waals surface area contributed by atoms with E-state index in [1.807, 2.05) is 19.1 Å². The number of benzene rings is 2. The Morgan fingerprint density at radius 1 is 1.20 bits per heavy atom. The van der Waals surface area contributed by atoms with Crippen LogP contribution in [0.15, 0.2) is 42.5 Å². The largest absolute Gasteiger partial charge is 0.488 e. The number of hydrogen-bond acceptors (Lipinski definition) is 2. The van der Waals surface area contributed by atoms with E-state index in [0.717, 1.165) is 5.56 Å². The Morgan fingerprint density at radius 3 is 2.65 bits per heavy atom. The molecule has 2 N–H and O–H groups in total. The molecule has 2 aromatic rings. The fraction of sp³-hybridized carbons (Fsp3) is 0.250. The number of hydrogen-bond donors (Lipinski definition) is 1. The fourth-order valence-corrected chi connectivity index (χ4v) is 2.21. The van der Waals surface area contributed by atoms with Crippen LogP contribution in [0, 0.1) is 5.82 Å². The van der Waals surface area contributed by atoms with Crippen molar-refractivity contribution in [1.82, 2.24) is 0 Å². The number of rotatable bonds is 5. The average molecular weight is 294 g/mol. The second kappa shape index (κ2) is 6.73. The summed E-state index contributed by atoms with van der Waals surface area (Å²) in [6, 6.07) is 12.0. The van der Waals surface area contributed by atoms with Crippen LogP contribution in [0.2, 0.25) is 5.02 Å². The summed E-state index contributed by atoms with van der Waals surface area (Å²) in [5.74, 6) is 0.376. The smallest absolute Gasteiger partial charge is 0.129 e. The van der Waals surface area contributed by atoms with Crippen molar-refractivity contribution in [2.75, 3.05) is 0 Å². The zero-order valence-corrected chi connectivity index (χ0v) is 12.0. The van der Waals surface area contributed by atoms with Crippen molar-refractivity contribution < 1.29 is 9.13 Å². The highest BCUT2D eigenvalue weighted by molar-refractivity contribution is 6.31. The summed E-state index contributed by atoms with van der Waals surface area (Å²) in [4.78, 5) is 0. The Labute approximate surface area is 123 Å². The molecule has 0 heterocycles. The molecular weight excluding hydrogens is 277 g/mol. The van der Waals surface area contributed by atoms with Crippen LogP contribution in [0.5, 0.6) is 5.75 Å². The van der Waals surface area contributed by atoms with Gasteiger partial charge in [0, 0.05) is 22.2 Å². The van der Waals surface area contributed by atoms with Crippen molar-refractivity contribution >= 4 is 11.6 Å². The quantitative estimate of drug-likeness (QED) is 0.906. The molecule has 2 nitrogen and oxygen atoms in total. The van der Waals surface area contributed by atoms with Crippen LogP contribution in [0.25, 0.3) is 0 Å². The van der Waals surface area contributed by atoms with Crippen molar-refractivity contribution in [3.8, 4) is 5.75 Å². The standard InChI is InChI=1S/C16H17ClFNO/c1-11(19)9-13-14(17)6-4-8-16(13)20-10-12-5-2-3-7-15(12)18/h2-8,11H,9-10,19H2,1H3. The first-order chi connectivity index (χ1) is 9.58. The van der Waals surface area contributed by atoms with Crippen molar-refractivity contribution in [2.45, 2.75) is 26.0 Å². The van der Waals surface area contributed by atoms with Gasteiger partial charge in [-0.05, 0) is 31.5 Å². The van der Waals surface area contributed by atoms with Gasteiger partial charge in [-0.15, -0.1) is 0 Å². The van der Waals surface area contributed by atoms with Gasteiger partial charge in [0.15, 0.2) is 0 Å². The monoisotopic (exact) mass is 293 g/mol. The molecule has 1 atom stereocenters. The zero-order chi connectivity index (χ0) is 14.5. The van der Waals surface area contributed by atoms with Gasteiger partial charge in [0.1, 0.15) is 18.2 Å². The molecule has 20 heavy (non-hydrogen) atoms. The molecule has 1 unspecified atom stereocenters. The van der Waals surface area contributed by atoms with Crippen molar-refractivity contribution in [3.05, 3.63) is 64.4 Å². The van der Waals surface area contributed by atoms with E-state index < -0.39 is 0 Å². The maximum absolute atomic E-state index is 13.6. The van der Waals surface area contributed by atoms with E-state index in [-0.39, 0.29) is 18.5 Å². The second-order valence-corrected chi connectivity index (χ2v) is 5.19. The predicted octanol–water partition coefficient (Wildman–Crippen LogP) is 3.95. The fourth-order valence-electron chi connectivity index (χ4n) is 1.97. The van der Waals surface area contributed by atoms with Crippen LogP contribution in [-0.4, -0.2) is 6.04 Å². The van der Waals surface area contributed by atoms with E-state index in [9.17, 15) is 4.39 Å². The summed E-state index contributed by atoms with van der Waals surface area (Å²) in [5, 5.41) is 0.619. The van der Waals surface area contributed by atoms with Gasteiger partial charge in [-0.3, -0.25) is 0 Å². The lowest BCUT2D eigenvalue weighted by atomic mass is 10.1. The van der Waals surface area contributed by atoms with Gasteiger partial charge < -0.3 is 10.5 Å². The molecule has 0 fully saturated rings. The lowest BCUT2D eigenvalue weighted by Crippen LogP contribution is -2.18. The highest BCUT2D eigenvalue weighted by Crippen LogP contribution is 2.28. The molecule has 106 valence electrons. The molecule has 2 aromatic carbocycles. The summed E-state index contributed by atoms with van der Waals surface area (Å²) in [6.07, 6.45) is 0.617. The minimum Gasteiger partial charge on any atom is -0.488 e. The molecule has 0 bridgehead atoms. The molecular formula is C16H17ClFNO. The molecule has 2 rings (SSSR count). The van der Waals surface area contributed by atoms with E-state index in [1.165, 1.54) is 6.07 Å². The molecule has 0 aliphatic carbocycles. The van der Waals surface area contributed by atoms with Gasteiger partial charge in [0.05, 0.1) is 0 Å². The first-order valence-corrected chi connectivity index (χ1v) is 6.85. The van der Waals surface area contributed by atoms with Gasteiger partial charge in [-0.2, -0.15) is 0 Å². The molecule has 0 aromatic heterocycles. The second-order valence-electron chi connectivity index (χ2n) is 4.78. The van der Waals surface area contributed by atoms with E-state index in [2.05, 4.69) is 0 Å². The maximum Gasteiger partial charge on any atom is 0.129 e. The molecule has 0 aliphatic heterocycles. The van der Waals surface area contributed by atoms with E-state index in [1.54, 1.807) is 24.3 Å². The minimum atomic E-state index is -0.275. The summed E-state index contributed by atoms with van der Waals surface area (Å²) in [6.45, 7) is 2.07. The topological polar surface area (TPSA) is 35.2 Å². The number of halogens is 2. The average Bonchev–Trinajstić information content (AvgIpc) is 2.41. The van der Waals surface area contributed by atoms with Crippen molar-refractivity contribution in [2.24, 2.45) is 5.73 Å². The first-order valence-electron chi connectivity index (χ1n) is 6.47. The lowest BCUT2D eigenvalue weighted by Gasteiger charge is -2.14. The van der Waals surface area contributed by atoms with E-state index >= 15 is 0 Å². The van der Waals surface area contributed by atoms with Gasteiger partial charge >= 0.3 is 0 Å². The van der Waals surface area contributed by atoms with Crippen LogP contribution < -0.4 is 10.5 Å². The SMILES string of the molecule is CC(N)Cc1c(Cl)cccc1OCc1ccccc1F. The number of ether oxygens (including phenoxy) is 1. The molecule has 0 spiro atoms. The van der Waals surface area contributed by atoms with Gasteiger partial charge in [0.2, 0.25) is 0 Å². The first kappa shape index (κ1) is 14.8. The third-order valence-electron chi connectivity index (χ3n) is 2.94. The van der Waals surface area contributed by atoms with E-state index in [4.69, 9.17) is 22.1 Å². The summed E-state index contributed by atoms with van der Waals surface area (Å²) in [7, 11) is 0. The van der Waals surface area contributed by atoms with Crippen LogP contribution in [0.4, 0.5) is 4.39 Å². The minimum absolute atomic E-state index is 0.0225. The summed E-state index contributed by atoms with van der Waals surface area (Å²) < 4.78 is 19.3. The molecule has 0 radical (unpaired) electrons. The van der Waals surface area contributed by atoms with Crippen LogP contribution in [0.3, 0.4) is 0 Å². The van der Waals surface area contributed by atoms with Crippen molar-refractivity contribution in [1.29, 1.82) is 0 Å². The van der Waals surface area contributed by atoms with Gasteiger partial charge in [-0.25, -0.2) is 4.39 Å². The molecule has 0 saturated heterocycles. The summed E-state index contributed by atoms with van der Waals surface area (Å²) >= 11 is 6.18.